The first-order chi connectivity index (χ1) is 9.78. The molecule has 1 aromatic heterocycles. The number of fused-ring (bicyclic) bond motifs is 1. The molecule has 1 aliphatic heterocycles. The molecule has 0 spiro atoms. The van der Waals surface area contributed by atoms with Gasteiger partial charge in [0.2, 0.25) is 6.79 Å². The number of aromatic nitrogens is 2. The number of ether oxygens (including phenoxy) is 2. The number of hydrogen-bond acceptors (Lipinski definition) is 4. The Labute approximate surface area is 125 Å². The van der Waals surface area contributed by atoms with Crippen molar-refractivity contribution in [2.24, 2.45) is 0 Å². The molecule has 1 atom stereocenters. The molecule has 0 saturated carbocycles. The summed E-state index contributed by atoms with van der Waals surface area (Å²) in [5.41, 5.74) is 1.14. The van der Waals surface area contributed by atoms with E-state index in [1.165, 1.54) is 0 Å². The number of nitrogens with zero attached hydrogens (tertiary/aromatic N) is 1. The zero-order valence-corrected chi connectivity index (χ0v) is 12.7. The molecule has 1 unspecified atom stereocenters. The Morgan fingerprint density at radius 3 is 2.90 bits per heavy atom. The predicted octanol–water partition coefficient (Wildman–Crippen LogP) is 3.14. The fourth-order valence-corrected chi connectivity index (χ4v) is 2.69. The Bertz CT molecular complexity index is 586. The zero-order chi connectivity index (χ0) is 13.9. The van der Waals surface area contributed by atoms with Crippen LogP contribution in [-0.2, 0) is 6.54 Å². The van der Waals surface area contributed by atoms with E-state index in [9.17, 15) is 0 Å². The molecule has 2 N–H and O–H groups in total. The zero-order valence-electron chi connectivity index (χ0n) is 11.1. The fraction of sp³-hybridized carbons (Fsp3) is 0.357. The van der Waals surface area contributed by atoms with Gasteiger partial charge >= 0.3 is 0 Å². The van der Waals surface area contributed by atoms with Gasteiger partial charge in [0.15, 0.2) is 11.5 Å². The van der Waals surface area contributed by atoms with Crippen LogP contribution in [-0.4, -0.2) is 16.8 Å². The van der Waals surface area contributed by atoms with E-state index in [1.54, 1.807) is 6.20 Å². The van der Waals surface area contributed by atoms with Crippen LogP contribution in [0, 0.1) is 0 Å². The summed E-state index contributed by atoms with van der Waals surface area (Å²) in [6.07, 6.45) is 4.59. The summed E-state index contributed by atoms with van der Waals surface area (Å²) in [7, 11) is 0. The van der Waals surface area contributed by atoms with Crippen LogP contribution in [0.1, 0.15) is 30.8 Å². The third-order valence-corrected chi connectivity index (χ3v) is 4.08. The van der Waals surface area contributed by atoms with Crippen molar-refractivity contribution >= 4 is 15.9 Å². The summed E-state index contributed by atoms with van der Waals surface area (Å²) in [4.78, 5) is 7.46. The lowest BCUT2D eigenvalue weighted by molar-refractivity contribution is 0.174. The molecule has 5 nitrogen and oxygen atoms in total. The lowest BCUT2D eigenvalue weighted by atomic mass is 10.1. The van der Waals surface area contributed by atoms with Gasteiger partial charge in [-0.25, -0.2) is 4.98 Å². The molecule has 2 heterocycles. The topological polar surface area (TPSA) is 59.2 Å². The highest BCUT2D eigenvalue weighted by Gasteiger charge is 2.17. The molecule has 0 bridgehead atoms. The highest BCUT2D eigenvalue weighted by Crippen LogP contribution is 2.37. The minimum absolute atomic E-state index is 0.210. The van der Waals surface area contributed by atoms with Gasteiger partial charge in [0, 0.05) is 23.4 Å². The number of halogens is 1. The van der Waals surface area contributed by atoms with E-state index >= 15 is 0 Å². The van der Waals surface area contributed by atoms with Crippen molar-refractivity contribution in [1.82, 2.24) is 15.3 Å². The average Bonchev–Trinajstić information content (AvgIpc) is 3.10. The van der Waals surface area contributed by atoms with Gasteiger partial charge < -0.3 is 19.8 Å². The van der Waals surface area contributed by atoms with Crippen LogP contribution in [0.5, 0.6) is 11.5 Å². The highest BCUT2D eigenvalue weighted by molar-refractivity contribution is 9.10. The van der Waals surface area contributed by atoms with Gasteiger partial charge in [-0.15, -0.1) is 0 Å². The van der Waals surface area contributed by atoms with E-state index in [2.05, 4.69) is 38.1 Å². The van der Waals surface area contributed by atoms with E-state index in [4.69, 9.17) is 9.47 Å². The Balaban J connectivity index is 1.72. The normalized spacial score (nSPS) is 14.5. The maximum Gasteiger partial charge on any atom is 0.231 e. The molecule has 1 aromatic carbocycles. The van der Waals surface area contributed by atoms with Crippen LogP contribution in [0.4, 0.5) is 0 Å². The summed E-state index contributed by atoms with van der Waals surface area (Å²) in [5, 5.41) is 3.50. The van der Waals surface area contributed by atoms with E-state index in [-0.39, 0.29) is 6.04 Å². The summed E-state index contributed by atoms with van der Waals surface area (Å²) >= 11 is 3.57. The average molecular weight is 338 g/mol. The van der Waals surface area contributed by atoms with Gasteiger partial charge in [-0.1, -0.05) is 22.9 Å². The second kappa shape index (κ2) is 5.85. The van der Waals surface area contributed by atoms with E-state index in [0.717, 1.165) is 40.3 Å². The summed E-state index contributed by atoms with van der Waals surface area (Å²) in [5.74, 6) is 2.55. The molecule has 106 valence electrons. The Hall–Kier alpha value is -1.53. The van der Waals surface area contributed by atoms with Gasteiger partial charge in [0.05, 0.1) is 6.04 Å². The number of H-pyrrole nitrogens is 1. The van der Waals surface area contributed by atoms with Gasteiger partial charge in [-0.3, -0.25) is 0 Å². The summed E-state index contributed by atoms with van der Waals surface area (Å²) < 4.78 is 11.8. The molecule has 1 aliphatic rings. The number of benzene rings is 1. The fourth-order valence-electron chi connectivity index (χ4n) is 2.23. The van der Waals surface area contributed by atoms with Crippen LogP contribution in [0.2, 0.25) is 0 Å². The second-order valence-electron chi connectivity index (χ2n) is 4.61. The quantitative estimate of drug-likeness (QED) is 0.879. The number of hydrogen-bond donors (Lipinski definition) is 2. The first-order valence-electron chi connectivity index (χ1n) is 6.58. The molecule has 2 aromatic rings. The van der Waals surface area contributed by atoms with Crippen LogP contribution in [0.3, 0.4) is 0 Å². The third-order valence-electron chi connectivity index (χ3n) is 3.34. The standard InChI is InChI=1S/C14H16BrN3O2/c1-2-11(14-16-3-4-17-14)18-7-9-5-12-13(6-10(9)15)20-8-19-12/h3-6,11,18H,2,7-8H2,1H3,(H,16,17). The molecular formula is C14H16BrN3O2. The first kappa shape index (κ1) is 13.5. The molecule has 6 heteroatoms. The third kappa shape index (κ3) is 2.66. The monoisotopic (exact) mass is 337 g/mol. The number of nitrogens with one attached hydrogen (secondary N) is 2. The second-order valence-corrected chi connectivity index (χ2v) is 5.47. The maximum atomic E-state index is 5.41. The van der Waals surface area contributed by atoms with E-state index < -0.39 is 0 Å². The summed E-state index contributed by atoms with van der Waals surface area (Å²) in [6.45, 7) is 3.16. The van der Waals surface area contributed by atoms with Crippen molar-refractivity contribution in [2.75, 3.05) is 6.79 Å². The van der Waals surface area contributed by atoms with Crippen molar-refractivity contribution in [3.63, 3.8) is 0 Å². The molecule has 0 radical (unpaired) electrons. The van der Waals surface area contributed by atoms with Crippen molar-refractivity contribution in [3.8, 4) is 11.5 Å². The van der Waals surface area contributed by atoms with Crippen molar-refractivity contribution < 1.29 is 9.47 Å². The smallest absolute Gasteiger partial charge is 0.231 e. The maximum absolute atomic E-state index is 5.41. The van der Waals surface area contributed by atoms with Gasteiger partial charge in [-0.2, -0.15) is 0 Å². The molecular weight excluding hydrogens is 322 g/mol. The van der Waals surface area contributed by atoms with Crippen LogP contribution in [0.15, 0.2) is 29.0 Å². The molecule has 0 fully saturated rings. The van der Waals surface area contributed by atoms with Crippen LogP contribution >= 0.6 is 15.9 Å². The molecule has 20 heavy (non-hydrogen) atoms. The Morgan fingerprint density at radius 2 is 2.20 bits per heavy atom. The van der Waals surface area contributed by atoms with Crippen molar-refractivity contribution in [2.45, 2.75) is 25.9 Å². The van der Waals surface area contributed by atoms with Crippen LogP contribution in [0.25, 0.3) is 0 Å². The minimum Gasteiger partial charge on any atom is -0.454 e. The molecule has 0 aliphatic carbocycles. The SMILES string of the molecule is CCC(NCc1cc2c(cc1Br)OCO2)c1ncc[nH]1. The first-order valence-corrected chi connectivity index (χ1v) is 7.38. The van der Waals surface area contributed by atoms with E-state index in [1.807, 2.05) is 18.3 Å². The van der Waals surface area contributed by atoms with Crippen molar-refractivity contribution in [1.29, 1.82) is 0 Å². The molecule has 3 rings (SSSR count). The lowest BCUT2D eigenvalue weighted by Crippen LogP contribution is -2.21. The predicted molar refractivity (Wildman–Crippen MR) is 78.7 cm³/mol. The highest BCUT2D eigenvalue weighted by atomic mass is 79.9. The van der Waals surface area contributed by atoms with Crippen molar-refractivity contribution in [3.05, 3.63) is 40.4 Å². The number of aromatic amines is 1. The summed E-state index contributed by atoms with van der Waals surface area (Å²) in [6, 6.07) is 4.17. The van der Waals surface area contributed by atoms with Gasteiger partial charge in [0.1, 0.15) is 5.82 Å². The molecule has 0 amide bonds. The Morgan fingerprint density at radius 1 is 1.40 bits per heavy atom. The molecule has 0 saturated heterocycles. The largest absolute Gasteiger partial charge is 0.454 e. The Kier molecular flexibility index (Phi) is 3.93. The van der Waals surface area contributed by atoms with E-state index in [0.29, 0.717) is 6.79 Å². The minimum atomic E-state index is 0.210. The van der Waals surface area contributed by atoms with Gasteiger partial charge in [-0.05, 0) is 24.1 Å². The number of imidazole rings is 1. The van der Waals surface area contributed by atoms with Crippen LogP contribution < -0.4 is 14.8 Å². The van der Waals surface area contributed by atoms with Gasteiger partial charge in [0.25, 0.3) is 0 Å². The lowest BCUT2D eigenvalue weighted by Gasteiger charge is -2.15. The number of rotatable bonds is 5.